The standard InChI is InChI=1S/C9H15/c1-2-6-9-7-4-3-5-8-9/h3-4,6,9H,2,5,7-8H2,1H3. The molecule has 0 N–H and O–H groups in total. The Morgan fingerprint density at radius 3 is 3.00 bits per heavy atom. The zero-order valence-corrected chi connectivity index (χ0v) is 6.14. The van der Waals surface area contributed by atoms with Crippen molar-refractivity contribution in [3.63, 3.8) is 0 Å². The summed E-state index contributed by atoms with van der Waals surface area (Å²) in [4.78, 5) is 0. The van der Waals surface area contributed by atoms with Crippen LogP contribution >= 0.6 is 0 Å². The molecule has 0 saturated heterocycles. The molecule has 1 aliphatic carbocycles. The van der Waals surface area contributed by atoms with E-state index in [4.69, 9.17) is 0 Å². The average molecular weight is 123 g/mol. The SMILES string of the molecule is CC[CH]C1CC=CCC1. The fourth-order valence-electron chi connectivity index (χ4n) is 1.36. The van der Waals surface area contributed by atoms with Gasteiger partial charge >= 0.3 is 0 Å². The molecule has 0 aliphatic heterocycles. The van der Waals surface area contributed by atoms with Crippen molar-refractivity contribution in [2.75, 3.05) is 0 Å². The molecule has 0 aromatic carbocycles. The van der Waals surface area contributed by atoms with Gasteiger partial charge < -0.3 is 0 Å². The topological polar surface area (TPSA) is 0 Å². The zero-order valence-electron chi connectivity index (χ0n) is 6.14. The molecule has 1 radical (unpaired) electrons. The lowest BCUT2D eigenvalue weighted by Gasteiger charge is -2.15. The zero-order chi connectivity index (χ0) is 6.53. The molecule has 0 aromatic heterocycles. The Hall–Kier alpha value is -0.260. The third kappa shape index (κ3) is 2.21. The van der Waals surface area contributed by atoms with Crippen LogP contribution in [0.4, 0.5) is 0 Å². The molecule has 0 saturated carbocycles. The highest BCUT2D eigenvalue weighted by Gasteiger charge is 2.07. The minimum atomic E-state index is 0.889. The summed E-state index contributed by atoms with van der Waals surface area (Å²) in [5.74, 6) is 0.889. The lowest BCUT2D eigenvalue weighted by Crippen LogP contribution is -2.01. The Balaban J connectivity index is 2.18. The maximum atomic E-state index is 2.43. The third-order valence-electron chi connectivity index (χ3n) is 1.88. The van der Waals surface area contributed by atoms with Gasteiger partial charge in [-0.15, -0.1) is 0 Å². The molecule has 0 heteroatoms. The van der Waals surface area contributed by atoms with E-state index in [0.29, 0.717) is 0 Å². The summed E-state index contributed by atoms with van der Waals surface area (Å²) in [6.07, 6.45) is 12.2. The van der Waals surface area contributed by atoms with E-state index in [0.717, 1.165) is 5.92 Å². The van der Waals surface area contributed by atoms with E-state index in [9.17, 15) is 0 Å². The lowest BCUT2D eigenvalue weighted by atomic mass is 9.91. The Morgan fingerprint density at radius 1 is 1.56 bits per heavy atom. The number of hydrogen-bond donors (Lipinski definition) is 0. The first-order chi connectivity index (χ1) is 4.43. The summed E-state index contributed by atoms with van der Waals surface area (Å²) >= 11 is 0. The predicted octanol–water partition coefficient (Wildman–Crippen LogP) is 2.96. The fraction of sp³-hybridized carbons (Fsp3) is 0.667. The van der Waals surface area contributed by atoms with Crippen molar-refractivity contribution in [1.82, 2.24) is 0 Å². The number of hydrogen-bond acceptors (Lipinski definition) is 0. The van der Waals surface area contributed by atoms with Crippen molar-refractivity contribution in [1.29, 1.82) is 0 Å². The first-order valence-electron chi connectivity index (χ1n) is 3.92. The van der Waals surface area contributed by atoms with Crippen molar-refractivity contribution >= 4 is 0 Å². The second kappa shape index (κ2) is 3.71. The normalized spacial score (nSPS) is 26.6. The van der Waals surface area contributed by atoms with Gasteiger partial charge in [-0.25, -0.2) is 0 Å². The molecule has 0 bridgehead atoms. The summed E-state index contributed by atoms with van der Waals surface area (Å²) in [7, 11) is 0. The van der Waals surface area contributed by atoms with Crippen LogP contribution in [0.3, 0.4) is 0 Å². The molecular weight excluding hydrogens is 108 g/mol. The van der Waals surface area contributed by atoms with Crippen LogP contribution in [0.5, 0.6) is 0 Å². The molecule has 0 heterocycles. The molecule has 1 rings (SSSR count). The van der Waals surface area contributed by atoms with Crippen LogP contribution in [-0.4, -0.2) is 0 Å². The van der Waals surface area contributed by atoms with Gasteiger partial charge in [-0.05, 0) is 31.6 Å². The summed E-state index contributed by atoms with van der Waals surface area (Å²) in [5.41, 5.74) is 0. The van der Waals surface area contributed by atoms with Crippen molar-refractivity contribution in [2.24, 2.45) is 5.92 Å². The smallest absolute Gasteiger partial charge is 0.0319 e. The van der Waals surface area contributed by atoms with E-state index in [-0.39, 0.29) is 0 Å². The highest BCUT2D eigenvalue weighted by atomic mass is 14.1. The van der Waals surface area contributed by atoms with Crippen LogP contribution in [0.15, 0.2) is 12.2 Å². The Morgan fingerprint density at radius 2 is 2.44 bits per heavy atom. The molecule has 0 fully saturated rings. The molecule has 1 unspecified atom stereocenters. The maximum absolute atomic E-state index is 2.43. The molecule has 51 valence electrons. The first-order valence-corrected chi connectivity index (χ1v) is 3.92. The summed E-state index contributed by atoms with van der Waals surface area (Å²) in [6.45, 7) is 2.22. The van der Waals surface area contributed by atoms with Gasteiger partial charge in [-0.1, -0.05) is 25.5 Å². The minimum absolute atomic E-state index is 0.889. The Kier molecular flexibility index (Phi) is 2.82. The molecule has 1 aliphatic rings. The summed E-state index contributed by atoms with van der Waals surface area (Å²) in [6, 6.07) is 0. The van der Waals surface area contributed by atoms with E-state index < -0.39 is 0 Å². The van der Waals surface area contributed by atoms with E-state index in [2.05, 4.69) is 25.5 Å². The molecule has 0 nitrogen and oxygen atoms in total. The molecule has 0 spiro atoms. The van der Waals surface area contributed by atoms with E-state index >= 15 is 0 Å². The van der Waals surface area contributed by atoms with Gasteiger partial charge in [0.15, 0.2) is 0 Å². The third-order valence-corrected chi connectivity index (χ3v) is 1.88. The van der Waals surface area contributed by atoms with Crippen molar-refractivity contribution in [3.05, 3.63) is 18.6 Å². The highest BCUT2D eigenvalue weighted by molar-refractivity contribution is 4.93. The monoisotopic (exact) mass is 123 g/mol. The van der Waals surface area contributed by atoms with Crippen LogP contribution in [0.2, 0.25) is 0 Å². The second-order valence-electron chi connectivity index (χ2n) is 2.69. The first kappa shape index (κ1) is 6.85. The van der Waals surface area contributed by atoms with Gasteiger partial charge in [0.2, 0.25) is 0 Å². The van der Waals surface area contributed by atoms with Crippen molar-refractivity contribution < 1.29 is 0 Å². The van der Waals surface area contributed by atoms with Crippen LogP contribution in [0.25, 0.3) is 0 Å². The van der Waals surface area contributed by atoms with Gasteiger partial charge in [0, 0.05) is 0 Å². The van der Waals surface area contributed by atoms with Gasteiger partial charge in [0.05, 0.1) is 0 Å². The summed E-state index contributed by atoms with van der Waals surface area (Å²) in [5, 5.41) is 0. The molecule has 0 aromatic rings. The molecule has 9 heavy (non-hydrogen) atoms. The summed E-state index contributed by atoms with van der Waals surface area (Å²) < 4.78 is 0. The largest absolute Gasteiger partial charge is 0.0885 e. The minimum Gasteiger partial charge on any atom is -0.0885 e. The molecular formula is C9H15. The average Bonchev–Trinajstić information content (AvgIpc) is 1.91. The maximum Gasteiger partial charge on any atom is -0.0319 e. The van der Waals surface area contributed by atoms with E-state index in [1.54, 1.807) is 0 Å². The quantitative estimate of drug-likeness (QED) is 0.495. The van der Waals surface area contributed by atoms with Gasteiger partial charge in [-0.2, -0.15) is 0 Å². The number of allylic oxidation sites excluding steroid dienone is 2. The van der Waals surface area contributed by atoms with Crippen LogP contribution in [-0.2, 0) is 0 Å². The van der Waals surface area contributed by atoms with E-state index in [1.807, 2.05) is 0 Å². The number of rotatable bonds is 2. The van der Waals surface area contributed by atoms with E-state index in [1.165, 1.54) is 25.7 Å². The highest BCUT2D eigenvalue weighted by Crippen LogP contribution is 2.21. The lowest BCUT2D eigenvalue weighted by molar-refractivity contribution is 0.532. The molecule has 0 amide bonds. The van der Waals surface area contributed by atoms with Crippen LogP contribution in [0.1, 0.15) is 32.6 Å². The Labute approximate surface area is 58.0 Å². The second-order valence-corrected chi connectivity index (χ2v) is 2.69. The van der Waals surface area contributed by atoms with Gasteiger partial charge in [0.1, 0.15) is 0 Å². The fourth-order valence-corrected chi connectivity index (χ4v) is 1.36. The predicted molar refractivity (Wildman–Crippen MR) is 41.1 cm³/mol. The Bertz CT molecular complexity index is 92.2. The van der Waals surface area contributed by atoms with Crippen LogP contribution < -0.4 is 0 Å². The van der Waals surface area contributed by atoms with Crippen molar-refractivity contribution in [2.45, 2.75) is 32.6 Å². The van der Waals surface area contributed by atoms with Crippen molar-refractivity contribution in [3.8, 4) is 0 Å². The van der Waals surface area contributed by atoms with Gasteiger partial charge in [0.25, 0.3) is 0 Å². The van der Waals surface area contributed by atoms with Gasteiger partial charge in [-0.3, -0.25) is 0 Å². The van der Waals surface area contributed by atoms with Crippen LogP contribution in [0, 0.1) is 12.3 Å². The molecule has 1 atom stereocenters.